The quantitative estimate of drug-likeness (QED) is 0.568. The SMILES string of the molecule is O=C(CNC(=O)c1ccc2c(c1)OCO2)Nc1ccc(SCc2cccnc2)cc1. The Morgan fingerprint density at radius 3 is 2.67 bits per heavy atom. The molecule has 2 amide bonds. The summed E-state index contributed by atoms with van der Waals surface area (Å²) < 4.78 is 10.5. The molecule has 0 spiro atoms. The molecule has 0 unspecified atom stereocenters. The second-order valence-corrected chi connectivity index (χ2v) is 7.52. The summed E-state index contributed by atoms with van der Waals surface area (Å²) >= 11 is 1.69. The number of aromatic nitrogens is 1. The van der Waals surface area contributed by atoms with Gasteiger partial charge in [0.1, 0.15) is 0 Å². The molecule has 0 saturated heterocycles. The third-order valence-electron chi connectivity index (χ3n) is 4.31. The number of carbonyl (C=O) groups is 2. The molecule has 8 heteroatoms. The molecular formula is C22H19N3O4S. The molecule has 0 bridgehead atoms. The Morgan fingerprint density at radius 1 is 1.03 bits per heavy atom. The Labute approximate surface area is 177 Å². The maximum Gasteiger partial charge on any atom is 0.251 e. The molecule has 4 rings (SSSR count). The number of nitrogens with one attached hydrogen (secondary N) is 2. The maximum absolute atomic E-state index is 12.2. The van der Waals surface area contributed by atoms with Crippen molar-refractivity contribution < 1.29 is 19.1 Å². The zero-order chi connectivity index (χ0) is 20.8. The first-order valence-corrected chi connectivity index (χ1v) is 10.3. The van der Waals surface area contributed by atoms with E-state index >= 15 is 0 Å². The van der Waals surface area contributed by atoms with Gasteiger partial charge in [0.25, 0.3) is 5.91 Å². The average Bonchev–Trinajstić information content (AvgIpc) is 3.26. The van der Waals surface area contributed by atoms with Crippen molar-refractivity contribution >= 4 is 29.3 Å². The van der Waals surface area contributed by atoms with Crippen LogP contribution in [0.4, 0.5) is 5.69 Å². The van der Waals surface area contributed by atoms with Crippen LogP contribution in [0.3, 0.4) is 0 Å². The van der Waals surface area contributed by atoms with Crippen molar-refractivity contribution in [3.05, 3.63) is 78.1 Å². The van der Waals surface area contributed by atoms with Gasteiger partial charge in [0.2, 0.25) is 12.7 Å². The van der Waals surface area contributed by atoms with Gasteiger partial charge in [-0.2, -0.15) is 0 Å². The largest absolute Gasteiger partial charge is 0.454 e. The minimum Gasteiger partial charge on any atom is -0.454 e. The number of hydrogen-bond donors (Lipinski definition) is 2. The Morgan fingerprint density at radius 2 is 1.87 bits per heavy atom. The molecule has 1 aromatic heterocycles. The van der Waals surface area contributed by atoms with Crippen molar-refractivity contribution in [1.82, 2.24) is 10.3 Å². The Hall–Kier alpha value is -3.52. The van der Waals surface area contributed by atoms with Crippen molar-refractivity contribution in [1.29, 1.82) is 0 Å². The van der Waals surface area contributed by atoms with Gasteiger partial charge in [-0.25, -0.2) is 0 Å². The first-order chi connectivity index (χ1) is 14.7. The monoisotopic (exact) mass is 421 g/mol. The number of ether oxygens (including phenoxy) is 2. The summed E-state index contributed by atoms with van der Waals surface area (Å²) in [7, 11) is 0. The lowest BCUT2D eigenvalue weighted by atomic mass is 10.2. The molecule has 2 N–H and O–H groups in total. The van der Waals surface area contributed by atoms with Crippen molar-refractivity contribution in [2.24, 2.45) is 0 Å². The summed E-state index contributed by atoms with van der Waals surface area (Å²) in [5, 5.41) is 5.38. The van der Waals surface area contributed by atoms with E-state index in [0.29, 0.717) is 22.7 Å². The lowest BCUT2D eigenvalue weighted by molar-refractivity contribution is -0.115. The van der Waals surface area contributed by atoms with Crippen LogP contribution >= 0.6 is 11.8 Å². The normalized spacial score (nSPS) is 11.7. The van der Waals surface area contributed by atoms with Crippen molar-refractivity contribution in [2.75, 3.05) is 18.7 Å². The molecule has 1 aliphatic heterocycles. The van der Waals surface area contributed by atoms with Gasteiger partial charge >= 0.3 is 0 Å². The number of hydrogen-bond acceptors (Lipinski definition) is 6. The summed E-state index contributed by atoms with van der Waals surface area (Å²) in [4.78, 5) is 29.6. The molecule has 152 valence electrons. The van der Waals surface area contributed by atoms with Crippen LogP contribution < -0.4 is 20.1 Å². The first-order valence-electron chi connectivity index (χ1n) is 9.27. The van der Waals surface area contributed by atoms with Crippen LogP contribution in [0.5, 0.6) is 11.5 Å². The average molecular weight is 421 g/mol. The summed E-state index contributed by atoms with van der Waals surface area (Å²) in [6, 6.07) is 16.4. The van der Waals surface area contributed by atoms with E-state index in [1.807, 2.05) is 42.6 Å². The van der Waals surface area contributed by atoms with Crippen molar-refractivity contribution in [2.45, 2.75) is 10.6 Å². The number of amides is 2. The topological polar surface area (TPSA) is 89.6 Å². The number of anilines is 1. The second kappa shape index (κ2) is 9.32. The Bertz CT molecular complexity index is 1040. The zero-order valence-electron chi connectivity index (χ0n) is 16.0. The first kappa shape index (κ1) is 19.8. The van der Waals surface area contributed by atoms with Gasteiger partial charge in [-0.3, -0.25) is 14.6 Å². The number of nitrogens with zero attached hydrogens (tertiary/aromatic N) is 1. The number of rotatable bonds is 7. The van der Waals surface area contributed by atoms with Gasteiger partial charge in [-0.15, -0.1) is 11.8 Å². The Kier molecular flexibility index (Phi) is 6.14. The highest BCUT2D eigenvalue weighted by Crippen LogP contribution is 2.32. The van der Waals surface area contributed by atoms with Gasteiger partial charge in [0.05, 0.1) is 6.54 Å². The van der Waals surface area contributed by atoms with Gasteiger partial charge in [-0.05, 0) is 54.1 Å². The molecule has 0 radical (unpaired) electrons. The molecule has 2 heterocycles. The van der Waals surface area contributed by atoms with Crippen LogP contribution in [0.15, 0.2) is 71.9 Å². The molecule has 7 nitrogen and oxygen atoms in total. The van der Waals surface area contributed by atoms with Crippen molar-refractivity contribution in [3.63, 3.8) is 0 Å². The molecule has 0 aliphatic carbocycles. The number of fused-ring (bicyclic) bond motifs is 1. The molecule has 30 heavy (non-hydrogen) atoms. The van der Waals surface area contributed by atoms with Gasteiger partial charge in [0, 0.05) is 34.3 Å². The van der Waals surface area contributed by atoms with E-state index in [4.69, 9.17) is 9.47 Å². The minimum absolute atomic E-state index is 0.134. The number of carbonyl (C=O) groups excluding carboxylic acids is 2. The molecule has 0 fully saturated rings. The fourth-order valence-corrected chi connectivity index (χ4v) is 3.62. The Balaban J connectivity index is 1.24. The third-order valence-corrected chi connectivity index (χ3v) is 5.39. The van der Waals surface area contributed by atoms with E-state index in [0.717, 1.165) is 16.2 Å². The van der Waals surface area contributed by atoms with Crippen LogP contribution in [0, 0.1) is 0 Å². The van der Waals surface area contributed by atoms with E-state index in [1.165, 1.54) is 0 Å². The fraction of sp³-hybridized carbons (Fsp3) is 0.136. The number of benzene rings is 2. The summed E-state index contributed by atoms with van der Waals surface area (Å²) in [5.41, 5.74) is 2.23. The lowest BCUT2D eigenvalue weighted by Crippen LogP contribution is -2.32. The van der Waals surface area contributed by atoms with Crippen LogP contribution in [0.25, 0.3) is 0 Å². The third kappa shape index (κ3) is 5.09. The lowest BCUT2D eigenvalue weighted by Gasteiger charge is -2.08. The smallest absolute Gasteiger partial charge is 0.251 e. The number of thioether (sulfide) groups is 1. The van der Waals surface area contributed by atoms with Crippen molar-refractivity contribution in [3.8, 4) is 11.5 Å². The van der Waals surface area contributed by atoms with Gasteiger partial charge in [-0.1, -0.05) is 6.07 Å². The zero-order valence-corrected chi connectivity index (χ0v) is 16.8. The van der Waals surface area contributed by atoms with Crippen LogP contribution in [-0.4, -0.2) is 30.1 Å². The highest BCUT2D eigenvalue weighted by Gasteiger charge is 2.16. The maximum atomic E-state index is 12.2. The van der Waals surface area contributed by atoms with Crippen LogP contribution in [0.2, 0.25) is 0 Å². The van der Waals surface area contributed by atoms with E-state index < -0.39 is 0 Å². The molecule has 2 aromatic carbocycles. The predicted octanol–water partition coefficient (Wildman–Crippen LogP) is 3.47. The predicted molar refractivity (Wildman–Crippen MR) is 114 cm³/mol. The van der Waals surface area contributed by atoms with E-state index in [2.05, 4.69) is 15.6 Å². The fourth-order valence-electron chi connectivity index (χ4n) is 2.79. The molecule has 0 saturated carbocycles. The van der Waals surface area contributed by atoms with Gasteiger partial charge < -0.3 is 20.1 Å². The van der Waals surface area contributed by atoms with Crippen LogP contribution in [-0.2, 0) is 10.5 Å². The summed E-state index contributed by atoms with van der Waals surface area (Å²) in [5.74, 6) is 1.29. The molecule has 3 aromatic rings. The molecule has 1 aliphatic rings. The minimum atomic E-state index is -0.356. The summed E-state index contributed by atoms with van der Waals surface area (Å²) in [6.45, 7) is 0.00829. The van der Waals surface area contributed by atoms with E-state index in [9.17, 15) is 9.59 Å². The standard InChI is InChI=1S/C22H19N3O4S/c26-21(12-24-22(27)16-3-8-19-20(10-16)29-14-28-19)25-17-4-6-18(7-5-17)30-13-15-2-1-9-23-11-15/h1-11H,12-14H2,(H,24,27)(H,25,26). The number of pyridine rings is 1. The van der Waals surface area contributed by atoms with Crippen LogP contribution in [0.1, 0.15) is 15.9 Å². The van der Waals surface area contributed by atoms with Gasteiger partial charge in [0.15, 0.2) is 11.5 Å². The highest BCUT2D eigenvalue weighted by atomic mass is 32.2. The molecular weight excluding hydrogens is 402 g/mol. The summed E-state index contributed by atoms with van der Waals surface area (Å²) in [6.07, 6.45) is 3.60. The van der Waals surface area contributed by atoms with E-state index in [1.54, 1.807) is 36.2 Å². The second-order valence-electron chi connectivity index (χ2n) is 6.47. The van der Waals surface area contributed by atoms with E-state index in [-0.39, 0.29) is 25.2 Å². The highest BCUT2D eigenvalue weighted by molar-refractivity contribution is 7.98. The molecule has 0 atom stereocenters.